The predicted molar refractivity (Wildman–Crippen MR) is 129 cm³/mol. The summed E-state index contributed by atoms with van der Waals surface area (Å²) in [6.07, 6.45) is 2.76. The third-order valence-electron chi connectivity index (χ3n) is 5.51. The Morgan fingerprint density at radius 2 is 1.85 bits per heavy atom. The van der Waals surface area contributed by atoms with Gasteiger partial charge in [0.15, 0.2) is 0 Å². The van der Waals surface area contributed by atoms with Crippen LogP contribution in [0.5, 0.6) is 0 Å². The summed E-state index contributed by atoms with van der Waals surface area (Å²) in [4.78, 5) is 26.6. The third-order valence-corrected chi connectivity index (χ3v) is 5.76. The van der Waals surface area contributed by atoms with E-state index in [1.807, 2.05) is 18.2 Å². The van der Waals surface area contributed by atoms with E-state index in [-0.39, 0.29) is 18.2 Å². The van der Waals surface area contributed by atoms with Crippen LogP contribution in [0.3, 0.4) is 0 Å². The average molecular weight is 468 g/mol. The highest BCUT2D eigenvalue weighted by Crippen LogP contribution is 2.19. The maximum absolute atomic E-state index is 12.5. The Labute approximate surface area is 199 Å². The van der Waals surface area contributed by atoms with Gasteiger partial charge in [-0.1, -0.05) is 66.1 Å². The summed E-state index contributed by atoms with van der Waals surface area (Å²) in [5.74, 6) is 0.282. The molecule has 0 spiro atoms. The second-order valence-electron chi connectivity index (χ2n) is 8.04. The zero-order valence-corrected chi connectivity index (χ0v) is 19.8. The summed E-state index contributed by atoms with van der Waals surface area (Å²) < 4.78 is 5.10. The van der Waals surface area contributed by atoms with Crippen molar-refractivity contribution in [1.82, 2.24) is 15.4 Å². The largest absolute Gasteiger partial charge is 0.361 e. The molecular formula is C26H30ClN3O3. The molecule has 0 saturated carbocycles. The van der Waals surface area contributed by atoms with Gasteiger partial charge in [0.25, 0.3) is 0 Å². The van der Waals surface area contributed by atoms with Crippen molar-refractivity contribution in [1.29, 1.82) is 0 Å². The van der Waals surface area contributed by atoms with E-state index in [4.69, 9.17) is 16.1 Å². The number of benzene rings is 2. The number of aryl methyl sites for hydroxylation is 2. The summed E-state index contributed by atoms with van der Waals surface area (Å²) in [5.41, 5.74) is 3.11. The number of nitrogens with one attached hydrogen (secondary N) is 1. The fourth-order valence-corrected chi connectivity index (χ4v) is 3.84. The van der Waals surface area contributed by atoms with E-state index in [1.165, 1.54) is 5.56 Å². The van der Waals surface area contributed by atoms with Crippen LogP contribution in [0.2, 0.25) is 5.02 Å². The Hall–Kier alpha value is -3.12. The number of aromatic nitrogens is 1. The summed E-state index contributed by atoms with van der Waals surface area (Å²) >= 11 is 5.86. The zero-order valence-electron chi connectivity index (χ0n) is 19.1. The van der Waals surface area contributed by atoms with Crippen molar-refractivity contribution < 1.29 is 14.1 Å². The lowest BCUT2D eigenvalue weighted by atomic mass is 10.1. The molecule has 4 rings (SSSR count). The first kappa shape index (κ1) is 24.5. The SMILES string of the molecule is CCc1ccccc1.Cc1cc(CC(=O)N2CCCC2C(=O)NCc2ccc(Cl)cc2)on1. The molecule has 1 fully saturated rings. The van der Waals surface area contributed by atoms with Gasteiger partial charge in [-0.15, -0.1) is 0 Å². The molecular weight excluding hydrogens is 438 g/mol. The first-order chi connectivity index (χ1) is 16.0. The van der Waals surface area contributed by atoms with Crippen LogP contribution < -0.4 is 5.32 Å². The lowest BCUT2D eigenvalue weighted by Crippen LogP contribution is -2.46. The molecule has 1 aliphatic heterocycles. The van der Waals surface area contributed by atoms with Crippen molar-refractivity contribution in [2.24, 2.45) is 0 Å². The Balaban J connectivity index is 0.000000323. The molecule has 6 nitrogen and oxygen atoms in total. The minimum atomic E-state index is -0.427. The minimum absolute atomic E-state index is 0.111. The molecule has 1 aromatic heterocycles. The van der Waals surface area contributed by atoms with Gasteiger partial charge in [-0.3, -0.25) is 9.59 Å². The first-order valence-electron chi connectivity index (χ1n) is 11.2. The van der Waals surface area contributed by atoms with Crippen LogP contribution in [0.4, 0.5) is 0 Å². The molecule has 174 valence electrons. The molecule has 1 atom stereocenters. The number of likely N-dealkylation sites (tertiary alicyclic amines) is 1. The number of amides is 2. The number of hydrogen-bond acceptors (Lipinski definition) is 4. The number of nitrogens with zero attached hydrogens (tertiary/aromatic N) is 2. The molecule has 1 saturated heterocycles. The van der Waals surface area contributed by atoms with Gasteiger partial charge in [0, 0.05) is 24.2 Å². The van der Waals surface area contributed by atoms with E-state index in [9.17, 15) is 9.59 Å². The smallest absolute Gasteiger partial charge is 0.243 e. The Kier molecular flexibility index (Phi) is 9.07. The van der Waals surface area contributed by atoms with E-state index < -0.39 is 6.04 Å². The molecule has 2 aromatic carbocycles. The van der Waals surface area contributed by atoms with Gasteiger partial charge in [-0.05, 0) is 49.4 Å². The highest BCUT2D eigenvalue weighted by molar-refractivity contribution is 6.30. The van der Waals surface area contributed by atoms with E-state index in [2.05, 4.69) is 41.7 Å². The Morgan fingerprint density at radius 1 is 1.12 bits per heavy atom. The number of carbonyl (C=O) groups is 2. The van der Waals surface area contributed by atoms with Gasteiger partial charge < -0.3 is 14.7 Å². The van der Waals surface area contributed by atoms with E-state index >= 15 is 0 Å². The van der Waals surface area contributed by atoms with Crippen LogP contribution in [-0.2, 0) is 29.0 Å². The molecule has 1 N–H and O–H groups in total. The summed E-state index contributed by atoms with van der Waals surface area (Å²) in [7, 11) is 0. The van der Waals surface area contributed by atoms with Crippen molar-refractivity contribution in [3.8, 4) is 0 Å². The molecule has 33 heavy (non-hydrogen) atoms. The van der Waals surface area contributed by atoms with Crippen molar-refractivity contribution in [2.75, 3.05) is 6.54 Å². The molecule has 2 amide bonds. The number of carbonyl (C=O) groups excluding carboxylic acids is 2. The highest BCUT2D eigenvalue weighted by Gasteiger charge is 2.34. The van der Waals surface area contributed by atoms with Gasteiger partial charge in [-0.2, -0.15) is 0 Å². The average Bonchev–Trinajstić information content (AvgIpc) is 3.48. The van der Waals surface area contributed by atoms with Crippen LogP contribution in [-0.4, -0.2) is 34.5 Å². The summed E-state index contributed by atoms with van der Waals surface area (Å²) in [6.45, 7) is 4.97. The number of rotatable bonds is 6. The molecule has 0 aliphatic carbocycles. The molecule has 0 radical (unpaired) electrons. The highest BCUT2D eigenvalue weighted by atomic mass is 35.5. The number of hydrogen-bond donors (Lipinski definition) is 1. The first-order valence-corrected chi connectivity index (χ1v) is 11.6. The second-order valence-corrected chi connectivity index (χ2v) is 8.48. The molecule has 2 heterocycles. The van der Waals surface area contributed by atoms with E-state index in [0.29, 0.717) is 30.3 Å². The van der Waals surface area contributed by atoms with Crippen LogP contribution >= 0.6 is 11.6 Å². The van der Waals surface area contributed by atoms with Gasteiger partial charge >= 0.3 is 0 Å². The minimum Gasteiger partial charge on any atom is -0.361 e. The molecule has 1 unspecified atom stereocenters. The predicted octanol–water partition coefficient (Wildman–Crippen LogP) is 4.74. The molecule has 0 bridgehead atoms. The monoisotopic (exact) mass is 467 g/mol. The van der Waals surface area contributed by atoms with Crippen molar-refractivity contribution in [3.05, 3.63) is 88.3 Å². The quantitative estimate of drug-likeness (QED) is 0.568. The molecule has 7 heteroatoms. The Bertz CT molecular complexity index is 1030. The maximum atomic E-state index is 12.5. The third kappa shape index (κ3) is 7.46. The van der Waals surface area contributed by atoms with Crippen LogP contribution in [0.1, 0.15) is 42.3 Å². The fourth-order valence-electron chi connectivity index (χ4n) is 3.71. The normalized spacial score (nSPS) is 15.0. The van der Waals surface area contributed by atoms with Crippen LogP contribution in [0.15, 0.2) is 65.2 Å². The molecule has 3 aromatic rings. The van der Waals surface area contributed by atoms with Gasteiger partial charge in [0.2, 0.25) is 11.8 Å². The standard InChI is InChI=1S/C18H20ClN3O3.C8H10/c1-12-9-15(25-21-12)10-17(23)22-8-2-3-16(22)18(24)20-11-13-4-6-14(19)7-5-13;1-2-8-6-4-3-5-7-8/h4-7,9,16H,2-3,8,10-11H2,1H3,(H,20,24);3-7H,2H2,1H3. The lowest BCUT2D eigenvalue weighted by molar-refractivity contribution is -0.138. The zero-order chi connectivity index (χ0) is 23.6. The van der Waals surface area contributed by atoms with Crippen LogP contribution in [0, 0.1) is 6.92 Å². The van der Waals surface area contributed by atoms with Crippen molar-refractivity contribution in [2.45, 2.75) is 52.1 Å². The van der Waals surface area contributed by atoms with Crippen molar-refractivity contribution in [3.63, 3.8) is 0 Å². The van der Waals surface area contributed by atoms with Gasteiger partial charge in [0.05, 0.1) is 12.1 Å². The summed E-state index contributed by atoms with van der Waals surface area (Å²) in [6, 6.07) is 19.1. The van der Waals surface area contributed by atoms with Crippen LogP contribution in [0.25, 0.3) is 0 Å². The van der Waals surface area contributed by atoms with E-state index in [1.54, 1.807) is 30.0 Å². The van der Waals surface area contributed by atoms with E-state index in [0.717, 1.165) is 24.1 Å². The second kappa shape index (κ2) is 12.2. The summed E-state index contributed by atoms with van der Waals surface area (Å²) in [5, 5.41) is 7.34. The van der Waals surface area contributed by atoms with Crippen molar-refractivity contribution >= 4 is 23.4 Å². The Morgan fingerprint density at radius 3 is 2.45 bits per heavy atom. The molecule has 1 aliphatic rings. The topological polar surface area (TPSA) is 75.4 Å². The number of halogens is 1. The fraction of sp³-hybridized carbons (Fsp3) is 0.346. The van der Waals surface area contributed by atoms with Gasteiger partial charge in [-0.25, -0.2) is 0 Å². The van der Waals surface area contributed by atoms with Gasteiger partial charge in [0.1, 0.15) is 11.8 Å². The lowest BCUT2D eigenvalue weighted by Gasteiger charge is -2.23. The maximum Gasteiger partial charge on any atom is 0.243 e.